The van der Waals surface area contributed by atoms with Gasteiger partial charge in [0.1, 0.15) is 6.61 Å². The van der Waals surface area contributed by atoms with E-state index in [1.54, 1.807) is 0 Å². The summed E-state index contributed by atoms with van der Waals surface area (Å²) in [4.78, 5) is 11.7. The van der Waals surface area contributed by atoms with Gasteiger partial charge in [0.2, 0.25) is 0 Å². The van der Waals surface area contributed by atoms with Crippen LogP contribution in [0.1, 0.15) is 24.8 Å². The van der Waals surface area contributed by atoms with Crippen molar-refractivity contribution < 1.29 is 9.53 Å². The average Bonchev–Trinajstić information content (AvgIpc) is 2.38. The molecule has 1 heterocycles. The molecule has 0 unspecified atom stereocenters. The van der Waals surface area contributed by atoms with Crippen molar-refractivity contribution in [1.82, 2.24) is 5.32 Å². The topological polar surface area (TPSA) is 38.3 Å². The highest BCUT2D eigenvalue weighted by molar-refractivity contribution is 9.10. The molecular weight excluding hydrogens is 294 g/mol. The molecule has 0 bridgehead atoms. The lowest BCUT2D eigenvalue weighted by atomic mass is 9.95. The third-order valence-electron chi connectivity index (χ3n) is 3.20. The van der Waals surface area contributed by atoms with Crippen molar-refractivity contribution in [2.75, 3.05) is 13.1 Å². The number of carbonyl (C=O) groups is 1. The summed E-state index contributed by atoms with van der Waals surface area (Å²) in [6.07, 6.45) is 2.70. The molecular formula is C14H18BrNO2. The summed E-state index contributed by atoms with van der Waals surface area (Å²) in [6.45, 7) is 2.40. The van der Waals surface area contributed by atoms with Gasteiger partial charge >= 0.3 is 5.97 Å². The fraction of sp³-hybridized carbons (Fsp3) is 0.500. The maximum absolute atomic E-state index is 11.7. The van der Waals surface area contributed by atoms with Crippen LogP contribution in [0.3, 0.4) is 0 Å². The van der Waals surface area contributed by atoms with Gasteiger partial charge in [0.05, 0.1) is 0 Å². The number of hydrogen-bond donors (Lipinski definition) is 1. The highest BCUT2D eigenvalue weighted by Gasteiger charge is 2.17. The highest BCUT2D eigenvalue weighted by atomic mass is 79.9. The number of halogens is 1. The quantitative estimate of drug-likeness (QED) is 0.869. The monoisotopic (exact) mass is 311 g/mol. The lowest BCUT2D eigenvalue weighted by Gasteiger charge is -2.21. The van der Waals surface area contributed by atoms with E-state index in [1.165, 1.54) is 0 Å². The second-order valence-electron chi connectivity index (χ2n) is 4.69. The Morgan fingerprint density at radius 2 is 2.17 bits per heavy atom. The van der Waals surface area contributed by atoms with Crippen LogP contribution < -0.4 is 5.32 Å². The van der Waals surface area contributed by atoms with Crippen LogP contribution in [0, 0.1) is 5.92 Å². The Balaban J connectivity index is 1.74. The summed E-state index contributed by atoms with van der Waals surface area (Å²) >= 11 is 3.40. The summed E-state index contributed by atoms with van der Waals surface area (Å²) in [5, 5.41) is 3.29. The van der Waals surface area contributed by atoms with E-state index < -0.39 is 0 Å². The Bertz CT molecular complexity index is 403. The molecule has 0 amide bonds. The lowest BCUT2D eigenvalue weighted by Crippen LogP contribution is -2.29. The zero-order chi connectivity index (χ0) is 12.8. The number of hydrogen-bond acceptors (Lipinski definition) is 3. The van der Waals surface area contributed by atoms with Crippen LogP contribution >= 0.6 is 15.9 Å². The summed E-state index contributed by atoms with van der Waals surface area (Å²) in [5.74, 6) is 0.406. The first-order chi connectivity index (χ1) is 8.74. The number of ether oxygens (including phenoxy) is 1. The van der Waals surface area contributed by atoms with Crippen LogP contribution in [0.15, 0.2) is 28.7 Å². The SMILES string of the molecule is O=C(CC1CCNCC1)OCc1cccc(Br)c1. The first-order valence-electron chi connectivity index (χ1n) is 6.35. The molecule has 1 saturated heterocycles. The Morgan fingerprint density at radius 3 is 2.89 bits per heavy atom. The Hall–Kier alpha value is -0.870. The molecule has 3 nitrogen and oxygen atoms in total. The van der Waals surface area contributed by atoms with E-state index in [0.29, 0.717) is 18.9 Å². The minimum atomic E-state index is -0.0816. The van der Waals surface area contributed by atoms with E-state index in [-0.39, 0.29) is 5.97 Å². The van der Waals surface area contributed by atoms with E-state index in [9.17, 15) is 4.79 Å². The minimum Gasteiger partial charge on any atom is -0.461 e. The molecule has 2 rings (SSSR count). The number of nitrogens with one attached hydrogen (secondary N) is 1. The fourth-order valence-corrected chi connectivity index (χ4v) is 2.62. The van der Waals surface area contributed by atoms with Gasteiger partial charge in [0.15, 0.2) is 0 Å². The Morgan fingerprint density at radius 1 is 1.39 bits per heavy atom. The van der Waals surface area contributed by atoms with Gasteiger partial charge in [0, 0.05) is 10.9 Å². The molecule has 1 aliphatic heterocycles. The van der Waals surface area contributed by atoms with Gasteiger partial charge in [0.25, 0.3) is 0 Å². The van der Waals surface area contributed by atoms with Gasteiger partial charge < -0.3 is 10.1 Å². The maximum Gasteiger partial charge on any atom is 0.306 e. The van der Waals surface area contributed by atoms with Crippen LogP contribution in [0.5, 0.6) is 0 Å². The molecule has 0 radical (unpaired) electrons. The summed E-state index contributed by atoms with van der Waals surface area (Å²) in [5.41, 5.74) is 1.02. The third-order valence-corrected chi connectivity index (χ3v) is 3.70. The van der Waals surface area contributed by atoms with E-state index in [4.69, 9.17) is 4.74 Å². The predicted octanol–water partition coefficient (Wildman–Crippen LogP) is 2.88. The predicted molar refractivity (Wildman–Crippen MR) is 74.1 cm³/mol. The van der Waals surface area contributed by atoms with Gasteiger partial charge in [-0.3, -0.25) is 4.79 Å². The number of carbonyl (C=O) groups excluding carboxylic acids is 1. The van der Waals surface area contributed by atoms with Crippen molar-refractivity contribution in [1.29, 1.82) is 0 Å². The molecule has 0 aliphatic carbocycles. The van der Waals surface area contributed by atoms with E-state index in [1.807, 2.05) is 24.3 Å². The molecule has 1 aromatic carbocycles. The van der Waals surface area contributed by atoms with Gasteiger partial charge in [-0.1, -0.05) is 28.1 Å². The number of rotatable bonds is 4. The largest absolute Gasteiger partial charge is 0.461 e. The second kappa shape index (κ2) is 6.90. The molecule has 18 heavy (non-hydrogen) atoms. The van der Waals surface area contributed by atoms with Crippen molar-refractivity contribution >= 4 is 21.9 Å². The molecule has 1 fully saturated rings. The van der Waals surface area contributed by atoms with Gasteiger partial charge in [-0.2, -0.15) is 0 Å². The molecule has 0 aromatic heterocycles. The normalized spacial score (nSPS) is 16.5. The summed E-state index contributed by atoms with van der Waals surface area (Å²) in [7, 11) is 0. The van der Waals surface area contributed by atoms with E-state index in [0.717, 1.165) is 36.0 Å². The van der Waals surface area contributed by atoms with Crippen LogP contribution in [0.4, 0.5) is 0 Å². The van der Waals surface area contributed by atoms with Crippen LogP contribution in [0.25, 0.3) is 0 Å². The number of esters is 1. The Labute approximate surface area is 116 Å². The summed E-state index contributed by atoms with van der Waals surface area (Å²) in [6, 6.07) is 7.83. The van der Waals surface area contributed by atoms with Crippen LogP contribution in [0.2, 0.25) is 0 Å². The Kier molecular flexibility index (Phi) is 5.20. The number of piperidine rings is 1. The second-order valence-corrected chi connectivity index (χ2v) is 5.60. The molecule has 4 heteroatoms. The smallest absolute Gasteiger partial charge is 0.306 e. The van der Waals surface area contributed by atoms with Crippen molar-refractivity contribution in [2.45, 2.75) is 25.9 Å². The van der Waals surface area contributed by atoms with Gasteiger partial charge in [-0.15, -0.1) is 0 Å². The molecule has 0 atom stereocenters. The average molecular weight is 312 g/mol. The van der Waals surface area contributed by atoms with Gasteiger partial charge in [-0.25, -0.2) is 0 Å². The first kappa shape index (κ1) is 13.6. The molecule has 0 spiro atoms. The number of benzene rings is 1. The van der Waals surface area contributed by atoms with Crippen molar-refractivity contribution in [3.8, 4) is 0 Å². The van der Waals surface area contributed by atoms with Crippen LogP contribution in [-0.4, -0.2) is 19.1 Å². The maximum atomic E-state index is 11.7. The standard InChI is InChI=1S/C14H18BrNO2/c15-13-3-1-2-12(8-13)10-18-14(17)9-11-4-6-16-7-5-11/h1-3,8,11,16H,4-7,9-10H2. The van der Waals surface area contributed by atoms with Crippen LogP contribution in [-0.2, 0) is 16.1 Å². The minimum absolute atomic E-state index is 0.0816. The molecule has 1 aromatic rings. The highest BCUT2D eigenvalue weighted by Crippen LogP contribution is 2.17. The molecule has 1 aliphatic rings. The van der Waals surface area contributed by atoms with Crippen molar-refractivity contribution in [3.05, 3.63) is 34.3 Å². The van der Waals surface area contributed by atoms with Crippen molar-refractivity contribution in [3.63, 3.8) is 0 Å². The third kappa shape index (κ3) is 4.42. The van der Waals surface area contributed by atoms with E-state index in [2.05, 4.69) is 21.2 Å². The molecule has 1 N–H and O–H groups in total. The van der Waals surface area contributed by atoms with E-state index >= 15 is 0 Å². The lowest BCUT2D eigenvalue weighted by molar-refractivity contribution is -0.146. The van der Waals surface area contributed by atoms with Gasteiger partial charge in [-0.05, 0) is 49.5 Å². The molecule has 0 saturated carbocycles. The summed E-state index contributed by atoms with van der Waals surface area (Å²) < 4.78 is 6.31. The van der Waals surface area contributed by atoms with Crippen molar-refractivity contribution in [2.24, 2.45) is 5.92 Å². The molecule has 98 valence electrons. The first-order valence-corrected chi connectivity index (χ1v) is 7.14. The fourth-order valence-electron chi connectivity index (χ4n) is 2.17. The zero-order valence-corrected chi connectivity index (χ0v) is 11.9. The zero-order valence-electron chi connectivity index (χ0n) is 10.3.